The molecular weight excluding hydrogens is 402 g/mol. The van der Waals surface area contributed by atoms with E-state index in [2.05, 4.69) is 10.0 Å². The molecule has 0 bridgehead atoms. The summed E-state index contributed by atoms with van der Waals surface area (Å²) < 4.78 is 27.4. The second-order valence-electron chi connectivity index (χ2n) is 7.72. The fourth-order valence-corrected chi connectivity index (χ4v) is 5.05. The molecule has 0 radical (unpaired) electrons. The van der Waals surface area contributed by atoms with Gasteiger partial charge in [0.1, 0.15) is 0 Å². The number of carbonyl (C=O) groups is 2. The van der Waals surface area contributed by atoms with Crippen LogP contribution in [0.15, 0.2) is 12.1 Å². The average molecular weight is 430 g/mol. The summed E-state index contributed by atoms with van der Waals surface area (Å²) in [7, 11) is -2.60. The van der Waals surface area contributed by atoms with Gasteiger partial charge in [-0.3, -0.25) is 4.79 Å². The molecule has 1 aromatic rings. The van der Waals surface area contributed by atoms with Crippen LogP contribution in [0.25, 0.3) is 0 Å². The molecule has 0 aromatic heterocycles. The third kappa shape index (κ3) is 4.97. The summed E-state index contributed by atoms with van der Waals surface area (Å²) in [6, 6.07) is 2.70. The number of nitrogens with zero attached hydrogens (tertiary/aromatic N) is 1. The molecular formula is C19H28ClN3O4S. The van der Waals surface area contributed by atoms with E-state index >= 15 is 0 Å². The highest BCUT2D eigenvalue weighted by Crippen LogP contribution is 2.35. The topological polar surface area (TPSA) is 95.6 Å². The molecule has 0 saturated carbocycles. The van der Waals surface area contributed by atoms with E-state index in [4.69, 9.17) is 11.6 Å². The Kier molecular flexibility index (Phi) is 6.98. The normalized spacial score (nSPS) is 17.9. The zero-order chi connectivity index (χ0) is 21.2. The van der Waals surface area contributed by atoms with Crippen LogP contribution < -0.4 is 10.0 Å². The Labute approximate surface area is 171 Å². The van der Waals surface area contributed by atoms with E-state index in [1.54, 1.807) is 12.1 Å². The minimum absolute atomic E-state index is 0.0743. The van der Waals surface area contributed by atoms with Crippen LogP contribution in [0.2, 0.25) is 5.02 Å². The number of nitrogens with one attached hydrogen (secondary N) is 2. The van der Waals surface area contributed by atoms with Gasteiger partial charge in [-0.2, -0.15) is 0 Å². The maximum atomic E-state index is 12.6. The summed E-state index contributed by atoms with van der Waals surface area (Å²) >= 11 is 6.22. The Bertz CT molecular complexity index is 839. The predicted molar refractivity (Wildman–Crippen MR) is 111 cm³/mol. The van der Waals surface area contributed by atoms with Crippen LogP contribution in [-0.4, -0.2) is 37.7 Å². The van der Waals surface area contributed by atoms with Crippen molar-refractivity contribution in [3.05, 3.63) is 28.3 Å². The number of rotatable bonds is 5. The van der Waals surface area contributed by atoms with E-state index < -0.39 is 21.4 Å². The molecule has 1 aliphatic heterocycles. The molecule has 1 aliphatic rings. The molecule has 1 unspecified atom stereocenters. The van der Waals surface area contributed by atoms with Gasteiger partial charge in [-0.1, -0.05) is 39.3 Å². The third-order valence-corrected chi connectivity index (χ3v) is 6.86. The fourth-order valence-electron chi connectivity index (χ4n) is 3.36. The number of anilines is 1. The second kappa shape index (κ2) is 8.69. The number of halogens is 1. The van der Waals surface area contributed by atoms with Gasteiger partial charge in [-0.05, 0) is 47.9 Å². The first-order chi connectivity index (χ1) is 12.9. The smallest absolute Gasteiger partial charge is 0.327 e. The highest BCUT2D eigenvalue weighted by Gasteiger charge is 2.36. The Hall–Kier alpha value is -1.80. The van der Waals surface area contributed by atoms with Crippen LogP contribution in [0, 0.1) is 0 Å². The van der Waals surface area contributed by atoms with Crippen LogP contribution in [0.3, 0.4) is 0 Å². The van der Waals surface area contributed by atoms with Crippen LogP contribution in [0.1, 0.15) is 69.9 Å². The number of hydrogen-bond acceptors (Lipinski definition) is 4. The van der Waals surface area contributed by atoms with Crippen molar-refractivity contribution in [1.29, 1.82) is 0 Å². The summed E-state index contributed by atoms with van der Waals surface area (Å²) in [5, 5.41) is 2.21. The quantitative estimate of drug-likeness (QED) is 0.739. The molecule has 156 valence electrons. The van der Waals surface area contributed by atoms with Crippen molar-refractivity contribution in [2.75, 3.05) is 12.4 Å². The number of sulfonamides is 1. The van der Waals surface area contributed by atoms with Gasteiger partial charge in [0.15, 0.2) is 5.37 Å². The van der Waals surface area contributed by atoms with Gasteiger partial charge in [-0.25, -0.2) is 17.9 Å². The van der Waals surface area contributed by atoms with E-state index in [-0.39, 0.29) is 17.7 Å². The number of benzene rings is 1. The van der Waals surface area contributed by atoms with Gasteiger partial charge in [0.05, 0.1) is 0 Å². The number of amides is 3. The average Bonchev–Trinajstić information content (AvgIpc) is 2.57. The molecule has 1 saturated heterocycles. The van der Waals surface area contributed by atoms with Gasteiger partial charge >= 0.3 is 6.03 Å². The van der Waals surface area contributed by atoms with E-state index in [1.165, 1.54) is 11.9 Å². The van der Waals surface area contributed by atoms with E-state index in [0.717, 1.165) is 11.1 Å². The van der Waals surface area contributed by atoms with Gasteiger partial charge < -0.3 is 10.2 Å². The first-order valence-corrected chi connectivity index (χ1v) is 11.3. The van der Waals surface area contributed by atoms with Crippen molar-refractivity contribution in [1.82, 2.24) is 9.62 Å². The number of likely N-dealkylation sites (tertiary alicyclic amines) is 1. The monoisotopic (exact) mass is 429 g/mol. The lowest BCUT2D eigenvalue weighted by Crippen LogP contribution is -2.51. The minimum atomic E-state index is -4.04. The number of piperidine rings is 1. The van der Waals surface area contributed by atoms with E-state index in [1.807, 2.05) is 27.7 Å². The van der Waals surface area contributed by atoms with Crippen molar-refractivity contribution in [2.24, 2.45) is 0 Å². The molecule has 0 spiro atoms. The lowest BCUT2D eigenvalue weighted by atomic mass is 9.92. The van der Waals surface area contributed by atoms with Crippen molar-refractivity contribution >= 4 is 39.2 Å². The molecule has 1 fully saturated rings. The molecule has 9 heteroatoms. The molecule has 28 heavy (non-hydrogen) atoms. The van der Waals surface area contributed by atoms with E-state index in [0.29, 0.717) is 30.0 Å². The zero-order valence-corrected chi connectivity index (χ0v) is 18.4. The summed E-state index contributed by atoms with van der Waals surface area (Å²) in [6.07, 6.45) is 1.08. The Morgan fingerprint density at radius 2 is 1.71 bits per heavy atom. The van der Waals surface area contributed by atoms with Crippen LogP contribution >= 0.6 is 11.6 Å². The Morgan fingerprint density at radius 3 is 2.21 bits per heavy atom. The van der Waals surface area contributed by atoms with Crippen molar-refractivity contribution < 1.29 is 18.0 Å². The molecule has 0 aliphatic carbocycles. The van der Waals surface area contributed by atoms with Gasteiger partial charge in [0, 0.05) is 24.2 Å². The van der Waals surface area contributed by atoms with Crippen molar-refractivity contribution in [2.45, 2.75) is 64.2 Å². The molecule has 1 aromatic carbocycles. The number of carbonyl (C=O) groups excluding carboxylic acids is 2. The third-order valence-electron chi connectivity index (χ3n) is 4.91. The molecule has 2 N–H and O–H groups in total. The highest BCUT2D eigenvalue weighted by molar-refractivity contribution is 7.90. The molecule has 3 amide bonds. The first-order valence-electron chi connectivity index (χ1n) is 9.35. The molecule has 1 heterocycles. The summed E-state index contributed by atoms with van der Waals surface area (Å²) in [6.45, 7) is 7.88. The second-order valence-corrected chi connectivity index (χ2v) is 10.00. The largest absolute Gasteiger partial charge is 0.332 e. The zero-order valence-electron chi connectivity index (χ0n) is 16.9. The van der Waals surface area contributed by atoms with Crippen molar-refractivity contribution in [3.63, 3.8) is 0 Å². The number of urea groups is 1. The Morgan fingerprint density at radius 1 is 1.18 bits per heavy atom. The summed E-state index contributed by atoms with van der Waals surface area (Å²) in [5.41, 5.74) is 2.22. The van der Waals surface area contributed by atoms with Gasteiger partial charge in [0.2, 0.25) is 5.91 Å². The number of hydrogen-bond donors (Lipinski definition) is 2. The summed E-state index contributed by atoms with van der Waals surface area (Å²) in [5.74, 6) is -0.0978. The molecule has 1 atom stereocenters. The van der Waals surface area contributed by atoms with E-state index in [9.17, 15) is 18.0 Å². The lowest BCUT2D eigenvalue weighted by molar-refractivity contribution is -0.132. The SMILES string of the molecule is CC(C)c1cc(Cl)cc(C(C)C)c1NC(=O)NS(=O)(=O)C1CCCC(=O)N1C. The fraction of sp³-hybridized carbons (Fsp3) is 0.579. The van der Waals surface area contributed by atoms with Crippen LogP contribution in [-0.2, 0) is 14.8 Å². The first kappa shape index (κ1) is 22.5. The maximum Gasteiger partial charge on any atom is 0.332 e. The molecule has 7 nitrogen and oxygen atoms in total. The molecule has 2 rings (SSSR count). The minimum Gasteiger partial charge on any atom is -0.327 e. The standard InChI is InChI=1S/C19H28ClN3O4S/c1-11(2)14-9-13(20)10-15(12(3)4)18(14)21-19(25)22-28(26,27)17-8-6-7-16(24)23(17)5/h9-12,17H,6-8H2,1-5H3,(H2,21,22,25). The Balaban J connectivity index is 2.29. The predicted octanol–water partition coefficient (Wildman–Crippen LogP) is 4.01. The maximum absolute atomic E-state index is 12.6. The van der Waals surface area contributed by atoms with Gasteiger partial charge in [-0.15, -0.1) is 0 Å². The van der Waals surface area contributed by atoms with Crippen LogP contribution in [0.5, 0.6) is 0 Å². The highest BCUT2D eigenvalue weighted by atomic mass is 35.5. The lowest BCUT2D eigenvalue weighted by Gasteiger charge is -2.31. The van der Waals surface area contributed by atoms with Crippen molar-refractivity contribution in [3.8, 4) is 0 Å². The summed E-state index contributed by atoms with van der Waals surface area (Å²) in [4.78, 5) is 25.6. The van der Waals surface area contributed by atoms with Crippen LogP contribution in [0.4, 0.5) is 10.5 Å². The van der Waals surface area contributed by atoms with Gasteiger partial charge in [0.25, 0.3) is 10.0 Å².